The van der Waals surface area contributed by atoms with Crippen LogP contribution in [0.2, 0.25) is 0 Å². The van der Waals surface area contributed by atoms with Crippen LogP contribution >= 0.6 is 11.8 Å². The number of likely N-dealkylation sites (N-methyl/N-ethyl adjacent to an activating group) is 1. The van der Waals surface area contributed by atoms with Crippen molar-refractivity contribution in [2.24, 2.45) is 0 Å². The van der Waals surface area contributed by atoms with Gasteiger partial charge in [-0.2, -0.15) is 19.0 Å². The Morgan fingerprint density at radius 2 is 1.96 bits per heavy atom. The third-order valence-corrected chi connectivity index (χ3v) is 9.34. The Hall–Kier alpha value is -4.57. The molecule has 2 fully saturated rings. The molecule has 0 spiro atoms. The number of alkyl halides is 2. The summed E-state index contributed by atoms with van der Waals surface area (Å²) in [4.78, 5) is 48.4. The standard InChI is InChI=1S/C31H35F2N9O4S/c1-34-30(45)24-5-3-11-41(24)19-8-13-39(14-9-19)26(43)18-40-17-23(37-29(44)22-16-36-42-12-4-10-35-28(22)42)27(38-40)21-15-20(47-2)6-7-25(21)46-31(32)33/h4,6-7,10,12,15-17,19,24,31H,3,5,8-9,11,13-14,18H2,1-2H3,(H,34,45)(H,37,44)/t24-/m0/s1. The first-order valence-electron chi connectivity index (χ1n) is 15.3. The van der Waals surface area contributed by atoms with E-state index in [-0.39, 0.29) is 58.7 Å². The molecule has 3 amide bonds. The molecule has 2 aliphatic rings. The summed E-state index contributed by atoms with van der Waals surface area (Å²) in [6.07, 6.45) is 11.2. The molecule has 6 rings (SSSR count). The summed E-state index contributed by atoms with van der Waals surface area (Å²) in [5, 5.41) is 14.4. The number of thioether (sulfide) groups is 1. The number of aromatic nitrogens is 5. The zero-order chi connectivity index (χ0) is 33.1. The Labute approximate surface area is 273 Å². The number of carbonyl (C=O) groups is 3. The summed E-state index contributed by atoms with van der Waals surface area (Å²) in [6.45, 7) is -1.30. The van der Waals surface area contributed by atoms with Crippen LogP contribution in [0.15, 0.2) is 53.9 Å². The summed E-state index contributed by atoms with van der Waals surface area (Å²) in [5.74, 6) is -0.807. The summed E-state index contributed by atoms with van der Waals surface area (Å²) < 4.78 is 34.5. The number of fused-ring (bicyclic) bond motifs is 1. The molecule has 2 N–H and O–H groups in total. The van der Waals surface area contributed by atoms with Crippen molar-refractivity contribution < 1.29 is 27.9 Å². The van der Waals surface area contributed by atoms with Crippen molar-refractivity contribution in [1.82, 2.24) is 39.5 Å². The lowest BCUT2D eigenvalue weighted by molar-refractivity contribution is -0.134. The van der Waals surface area contributed by atoms with E-state index in [0.29, 0.717) is 18.7 Å². The molecule has 4 aromatic rings. The van der Waals surface area contributed by atoms with Crippen LogP contribution < -0.4 is 15.4 Å². The minimum absolute atomic E-state index is 0.0291. The van der Waals surface area contributed by atoms with Crippen molar-refractivity contribution in [2.45, 2.75) is 55.8 Å². The van der Waals surface area contributed by atoms with Crippen LogP contribution in [0, 0.1) is 0 Å². The fraction of sp³-hybridized carbons (Fsp3) is 0.419. The topological polar surface area (TPSA) is 139 Å². The molecule has 3 aromatic heterocycles. The first kappa shape index (κ1) is 32.4. The van der Waals surface area contributed by atoms with Gasteiger partial charge < -0.3 is 20.3 Å². The summed E-state index contributed by atoms with van der Waals surface area (Å²) in [7, 11) is 1.65. The van der Waals surface area contributed by atoms with Gasteiger partial charge in [0.25, 0.3) is 5.91 Å². The SMILES string of the molecule is CNC(=O)[C@@H]1CCCN1C1CCN(C(=O)Cn2cc(NC(=O)c3cnn4cccnc34)c(-c3cc(SC)ccc3OC(F)F)n2)CC1. The Balaban J connectivity index is 1.24. The van der Waals surface area contributed by atoms with E-state index in [4.69, 9.17) is 4.74 Å². The average molecular weight is 668 g/mol. The number of anilines is 1. The number of halogens is 2. The second kappa shape index (κ2) is 14.0. The van der Waals surface area contributed by atoms with Gasteiger partial charge in [-0.05, 0) is 62.7 Å². The summed E-state index contributed by atoms with van der Waals surface area (Å²) >= 11 is 1.40. The van der Waals surface area contributed by atoms with E-state index in [2.05, 4.69) is 30.7 Å². The highest BCUT2D eigenvalue weighted by Gasteiger charge is 2.37. The normalized spacial score (nSPS) is 17.4. The minimum Gasteiger partial charge on any atom is -0.434 e. The predicted molar refractivity (Wildman–Crippen MR) is 170 cm³/mol. The molecule has 13 nitrogen and oxygen atoms in total. The van der Waals surface area contributed by atoms with Crippen molar-refractivity contribution in [3.63, 3.8) is 0 Å². The van der Waals surface area contributed by atoms with Crippen LogP contribution in [-0.4, -0.2) is 104 Å². The van der Waals surface area contributed by atoms with Crippen LogP contribution in [0.25, 0.3) is 16.9 Å². The van der Waals surface area contributed by atoms with E-state index < -0.39 is 12.5 Å². The van der Waals surface area contributed by atoms with Gasteiger partial charge in [0, 0.05) is 55.2 Å². The molecule has 248 valence electrons. The smallest absolute Gasteiger partial charge is 0.387 e. The number of hydrogen-bond acceptors (Lipinski definition) is 9. The fourth-order valence-electron chi connectivity index (χ4n) is 6.35. The van der Waals surface area contributed by atoms with E-state index in [1.165, 1.54) is 39.4 Å². The molecule has 2 aliphatic heterocycles. The number of ether oxygens (including phenoxy) is 1. The van der Waals surface area contributed by atoms with Gasteiger partial charge in [0.1, 0.15) is 23.6 Å². The monoisotopic (exact) mass is 667 g/mol. The van der Waals surface area contributed by atoms with Crippen LogP contribution in [0.1, 0.15) is 36.0 Å². The van der Waals surface area contributed by atoms with E-state index in [0.717, 1.165) is 37.1 Å². The predicted octanol–water partition coefficient (Wildman–Crippen LogP) is 3.37. The van der Waals surface area contributed by atoms with Gasteiger partial charge in [0.05, 0.1) is 17.9 Å². The number of nitrogens with zero attached hydrogens (tertiary/aromatic N) is 7. The van der Waals surface area contributed by atoms with Gasteiger partial charge in [-0.25, -0.2) is 9.50 Å². The van der Waals surface area contributed by atoms with Crippen molar-refractivity contribution in [3.05, 3.63) is 54.6 Å². The maximum absolute atomic E-state index is 13.5. The minimum atomic E-state index is -3.09. The molecule has 0 saturated carbocycles. The van der Waals surface area contributed by atoms with Crippen molar-refractivity contribution in [2.75, 3.05) is 38.3 Å². The average Bonchev–Trinajstić information content (AvgIpc) is 3.83. The number of likely N-dealkylation sites (tertiary alicyclic amines) is 2. The number of nitrogens with one attached hydrogen (secondary N) is 2. The Morgan fingerprint density at radius 1 is 1.15 bits per heavy atom. The highest BCUT2D eigenvalue weighted by Crippen LogP contribution is 2.38. The second-order valence-corrected chi connectivity index (χ2v) is 12.2. The molecule has 2 saturated heterocycles. The lowest BCUT2D eigenvalue weighted by Gasteiger charge is -2.38. The number of benzene rings is 1. The highest BCUT2D eigenvalue weighted by atomic mass is 32.2. The van der Waals surface area contributed by atoms with Crippen LogP contribution in [0.4, 0.5) is 14.5 Å². The number of rotatable bonds is 10. The van der Waals surface area contributed by atoms with Crippen molar-refractivity contribution in [1.29, 1.82) is 0 Å². The van der Waals surface area contributed by atoms with Crippen LogP contribution in [0.3, 0.4) is 0 Å². The quantitative estimate of drug-likeness (QED) is 0.244. The van der Waals surface area contributed by atoms with Gasteiger partial charge >= 0.3 is 6.61 Å². The van der Waals surface area contributed by atoms with E-state index in [9.17, 15) is 23.2 Å². The Morgan fingerprint density at radius 3 is 2.70 bits per heavy atom. The molecule has 1 atom stereocenters. The summed E-state index contributed by atoms with van der Waals surface area (Å²) in [5.41, 5.74) is 1.12. The van der Waals surface area contributed by atoms with Gasteiger partial charge in [-0.15, -0.1) is 11.8 Å². The maximum atomic E-state index is 13.5. The molecular weight excluding hydrogens is 632 g/mol. The maximum Gasteiger partial charge on any atom is 0.387 e. The highest BCUT2D eigenvalue weighted by molar-refractivity contribution is 7.98. The molecule has 0 radical (unpaired) electrons. The molecule has 0 bridgehead atoms. The van der Waals surface area contributed by atoms with E-state index in [1.54, 1.807) is 42.5 Å². The molecule has 1 aromatic carbocycles. The largest absolute Gasteiger partial charge is 0.434 e. The zero-order valence-electron chi connectivity index (χ0n) is 25.9. The Bertz CT molecular complexity index is 1770. The Kier molecular flexibility index (Phi) is 9.68. The van der Waals surface area contributed by atoms with Crippen LogP contribution in [0.5, 0.6) is 5.75 Å². The first-order valence-corrected chi connectivity index (χ1v) is 16.5. The summed E-state index contributed by atoms with van der Waals surface area (Å²) in [6, 6.07) is 6.49. The third-order valence-electron chi connectivity index (χ3n) is 8.62. The number of amides is 3. The number of hydrogen-bond donors (Lipinski definition) is 2. The zero-order valence-corrected chi connectivity index (χ0v) is 26.8. The lowest BCUT2D eigenvalue weighted by Crippen LogP contribution is -2.52. The van der Waals surface area contributed by atoms with Crippen molar-refractivity contribution >= 4 is 40.8 Å². The molecule has 0 aliphatic carbocycles. The van der Waals surface area contributed by atoms with E-state index >= 15 is 0 Å². The third kappa shape index (κ3) is 6.93. The molecule has 16 heteroatoms. The number of carbonyl (C=O) groups excluding carboxylic acids is 3. The van der Waals surface area contributed by atoms with Gasteiger partial charge in [-0.1, -0.05) is 0 Å². The molecular formula is C31H35F2N9O4S. The molecule has 0 unspecified atom stereocenters. The van der Waals surface area contributed by atoms with Crippen LogP contribution in [-0.2, 0) is 16.1 Å². The molecule has 5 heterocycles. The van der Waals surface area contributed by atoms with E-state index in [1.807, 2.05) is 6.26 Å². The van der Waals surface area contributed by atoms with Gasteiger partial charge in [-0.3, -0.25) is 24.0 Å². The second-order valence-electron chi connectivity index (χ2n) is 11.4. The molecule has 47 heavy (non-hydrogen) atoms. The lowest BCUT2D eigenvalue weighted by atomic mass is 10.0. The fourth-order valence-corrected chi connectivity index (χ4v) is 6.79. The van der Waals surface area contributed by atoms with Gasteiger partial charge in [0.15, 0.2) is 5.65 Å². The van der Waals surface area contributed by atoms with Crippen molar-refractivity contribution in [3.8, 4) is 17.0 Å². The first-order chi connectivity index (χ1) is 22.7. The van der Waals surface area contributed by atoms with Gasteiger partial charge in [0.2, 0.25) is 11.8 Å². The number of piperidine rings is 1.